The molecule has 0 aromatic rings. The van der Waals surface area contributed by atoms with Crippen LogP contribution in [0.15, 0.2) is 11.3 Å². The fraction of sp³-hybridized carbons (Fsp3) is 0.571. The standard InChI is InChI=1S/C7H10INO2S/c1-5-3-4-9(12-8)6(5)7(10)11-2/h3-4H2,1-2H3. The van der Waals surface area contributed by atoms with Crippen LogP contribution in [0.25, 0.3) is 0 Å². The van der Waals surface area contributed by atoms with Gasteiger partial charge in [-0.3, -0.25) is 0 Å². The number of rotatable bonds is 2. The van der Waals surface area contributed by atoms with Crippen LogP contribution in [-0.2, 0) is 9.53 Å². The molecule has 0 aliphatic carbocycles. The zero-order valence-electron chi connectivity index (χ0n) is 6.96. The van der Waals surface area contributed by atoms with Crippen LogP contribution in [0.1, 0.15) is 13.3 Å². The van der Waals surface area contributed by atoms with Gasteiger partial charge in [0.1, 0.15) is 5.70 Å². The van der Waals surface area contributed by atoms with Crippen molar-refractivity contribution in [2.45, 2.75) is 13.3 Å². The monoisotopic (exact) mass is 299 g/mol. The van der Waals surface area contributed by atoms with E-state index in [0.29, 0.717) is 0 Å². The number of hydrogen-bond donors (Lipinski definition) is 0. The molecule has 0 unspecified atom stereocenters. The largest absolute Gasteiger partial charge is 0.464 e. The Kier molecular flexibility index (Phi) is 3.70. The normalized spacial score (nSPS) is 17.1. The van der Waals surface area contributed by atoms with Crippen LogP contribution >= 0.6 is 30.3 Å². The Bertz CT molecular complexity index is 229. The number of halogens is 1. The van der Waals surface area contributed by atoms with Crippen LogP contribution in [0.5, 0.6) is 0 Å². The van der Waals surface area contributed by atoms with Gasteiger partial charge in [-0.1, -0.05) is 0 Å². The zero-order chi connectivity index (χ0) is 9.14. The van der Waals surface area contributed by atoms with E-state index in [1.807, 2.05) is 11.2 Å². The molecule has 1 heterocycles. The number of methoxy groups -OCH3 is 1. The van der Waals surface area contributed by atoms with Gasteiger partial charge in [-0.2, -0.15) is 0 Å². The Morgan fingerprint density at radius 2 is 2.42 bits per heavy atom. The SMILES string of the molecule is COC(=O)C1=C(C)CCN1SI. The summed E-state index contributed by atoms with van der Waals surface area (Å²) in [5.74, 6) is -0.228. The average Bonchev–Trinajstić information content (AvgIpc) is 2.45. The second-order valence-corrected chi connectivity index (χ2v) is 4.30. The summed E-state index contributed by atoms with van der Waals surface area (Å²) >= 11 is 2.17. The lowest BCUT2D eigenvalue weighted by Gasteiger charge is -2.14. The molecule has 0 fully saturated rings. The summed E-state index contributed by atoms with van der Waals surface area (Å²) in [7, 11) is 2.95. The number of carbonyl (C=O) groups excluding carboxylic acids is 1. The molecule has 0 saturated carbocycles. The number of esters is 1. The van der Waals surface area contributed by atoms with Crippen LogP contribution in [0.2, 0.25) is 0 Å². The predicted octanol–water partition coefficient (Wildman–Crippen LogP) is 2.14. The van der Waals surface area contributed by atoms with E-state index in [-0.39, 0.29) is 5.97 Å². The second kappa shape index (κ2) is 4.36. The summed E-state index contributed by atoms with van der Waals surface area (Å²) in [5, 5.41) is 0. The predicted molar refractivity (Wildman–Crippen MR) is 57.7 cm³/mol. The Labute approximate surface area is 88.2 Å². The summed E-state index contributed by atoms with van der Waals surface area (Å²) in [5.41, 5.74) is 1.84. The van der Waals surface area contributed by atoms with E-state index < -0.39 is 0 Å². The van der Waals surface area contributed by atoms with Crippen molar-refractivity contribution in [2.24, 2.45) is 0 Å². The summed E-state index contributed by atoms with van der Waals surface area (Å²) in [6, 6.07) is 0. The maximum absolute atomic E-state index is 11.3. The molecular formula is C7H10INO2S. The quantitative estimate of drug-likeness (QED) is 0.444. The molecular weight excluding hydrogens is 289 g/mol. The number of ether oxygens (including phenoxy) is 1. The van der Waals surface area contributed by atoms with Crippen molar-refractivity contribution in [1.82, 2.24) is 4.31 Å². The van der Waals surface area contributed by atoms with Crippen LogP contribution in [0.3, 0.4) is 0 Å². The summed E-state index contributed by atoms with van der Waals surface area (Å²) < 4.78 is 6.64. The van der Waals surface area contributed by atoms with Crippen LogP contribution in [0.4, 0.5) is 0 Å². The van der Waals surface area contributed by atoms with Crippen LogP contribution in [-0.4, -0.2) is 23.9 Å². The number of carbonyl (C=O) groups is 1. The van der Waals surface area contributed by atoms with Crippen molar-refractivity contribution >= 4 is 36.3 Å². The van der Waals surface area contributed by atoms with Gasteiger partial charge >= 0.3 is 5.97 Å². The van der Waals surface area contributed by atoms with Gasteiger partial charge in [0.05, 0.1) is 7.11 Å². The smallest absolute Gasteiger partial charge is 0.355 e. The van der Waals surface area contributed by atoms with Crippen molar-refractivity contribution in [3.63, 3.8) is 0 Å². The average molecular weight is 299 g/mol. The van der Waals surface area contributed by atoms with E-state index in [1.165, 1.54) is 16.2 Å². The van der Waals surface area contributed by atoms with Crippen molar-refractivity contribution in [3.05, 3.63) is 11.3 Å². The van der Waals surface area contributed by atoms with Crippen molar-refractivity contribution in [1.29, 1.82) is 0 Å². The molecule has 0 aromatic heterocycles. The lowest BCUT2D eigenvalue weighted by Crippen LogP contribution is -2.17. The first-order chi connectivity index (χ1) is 5.70. The van der Waals surface area contributed by atoms with Gasteiger partial charge in [-0.25, -0.2) is 4.79 Å². The van der Waals surface area contributed by atoms with E-state index in [0.717, 1.165) is 24.2 Å². The van der Waals surface area contributed by atoms with Gasteiger partial charge in [0.25, 0.3) is 0 Å². The maximum atomic E-state index is 11.3. The molecule has 0 N–H and O–H groups in total. The third-order valence-electron chi connectivity index (χ3n) is 1.81. The summed E-state index contributed by atoms with van der Waals surface area (Å²) in [4.78, 5) is 11.3. The first-order valence-corrected chi connectivity index (χ1v) is 6.86. The molecule has 0 bridgehead atoms. The minimum atomic E-state index is -0.228. The molecule has 0 amide bonds. The highest BCUT2D eigenvalue weighted by Gasteiger charge is 2.26. The highest BCUT2D eigenvalue weighted by atomic mass is 127. The fourth-order valence-electron chi connectivity index (χ4n) is 1.15. The van der Waals surface area contributed by atoms with Crippen molar-refractivity contribution in [3.8, 4) is 0 Å². The molecule has 3 nitrogen and oxygen atoms in total. The lowest BCUT2D eigenvalue weighted by molar-refractivity contribution is -0.137. The molecule has 12 heavy (non-hydrogen) atoms. The zero-order valence-corrected chi connectivity index (χ0v) is 9.94. The molecule has 0 aromatic carbocycles. The minimum absolute atomic E-state index is 0.228. The Morgan fingerprint density at radius 1 is 1.75 bits per heavy atom. The Morgan fingerprint density at radius 3 is 2.92 bits per heavy atom. The topological polar surface area (TPSA) is 29.5 Å². The molecule has 0 spiro atoms. The van der Waals surface area contributed by atoms with Crippen molar-refractivity contribution in [2.75, 3.05) is 13.7 Å². The maximum Gasteiger partial charge on any atom is 0.355 e. The molecule has 0 radical (unpaired) electrons. The molecule has 5 heteroatoms. The Balaban J connectivity index is 2.82. The minimum Gasteiger partial charge on any atom is -0.464 e. The van der Waals surface area contributed by atoms with Crippen molar-refractivity contribution < 1.29 is 9.53 Å². The highest BCUT2D eigenvalue weighted by Crippen LogP contribution is 2.33. The van der Waals surface area contributed by atoms with E-state index in [4.69, 9.17) is 0 Å². The fourth-order valence-corrected chi connectivity index (χ4v) is 2.80. The van der Waals surface area contributed by atoms with Gasteiger partial charge in [-0.15, -0.1) is 0 Å². The van der Waals surface area contributed by atoms with Gasteiger partial charge in [0.2, 0.25) is 0 Å². The van der Waals surface area contributed by atoms with E-state index in [9.17, 15) is 4.79 Å². The molecule has 0 saturated heterocycles. The van der Waals surface area contributed by atoms with Gasteiger partial charge in [-0.05, 0) is 18.9 Å². The number of nitrogens with zero attached hydrogens (tertiary/aromatic N) is 1. The van der Waals surface area contributed by atoms with E-state index in [2.05, 4.69) is 25.9 Å². The van der Waals surface area contributed by atoms with Crippen LogP contribution in [0, 0.1) is 0 Å². The first-order valence-electron chi connectivity index (χ1n) is 3.55. The molecule has 1 aliphatic rings. The highest BCUT2D eigenvalue weighted by molar-refractivity contribution is 14.2. The first kappa shape index (κ1) is 10.2. The third-order valence-corrected chi connectivity index (χ3v) is 3.76. The van der Waals surface area contributed by atoms with Gasteiger partial charge in [0.15, 0.2) is 0 Å². The molecule has 1 aliphatic heterocycles. The Hall–Kier alpha value is 0.0900. The molecule has 68 valence electrons. The van der Waals surface area contributed by atoms with Crippen LogP contribution < -0.4 is 0 Å². The second-order valence-electron chi connectivity index (χ2n) is 2.54. The van der Waals surface area contributed by atoms with E-state index >= 15 is 0 Å². The molecule has 1 rings (SSSR count). The lowest BCUT2D eigenvalue weighted by atomic mass is 10.2. The number of hydrogen-bond acceptors (Lipinski definition) is 4. The third kappa shape index (κ3) is 1.87. The van der Waals surface area contributed by atoms with Gasteiger partial charge < -0.3 is 9.04 Å². The summed E-state index contributed by atoms with van der Waals surface area (Å²) in [6.45, 7) is 2.88. The molecule has 0 atom stereocenters. The van der Waals surface area contributed by atoms with E-state index in [1.54, 1.807) is 0 Å². The summed E-state index contributed by atoms with van der Waals surface area (Å²) in [6.07, 6.45) is 0.959. The van der Waals surface area contributed by atoms with Gasteiger partial charge in [0, 0.05) is 36.9 Å².